The van der Waals surface area contributed by atoms with Crippen LogP contribution in [0.5, 0.6) is 5.75 Å². The fraction of sp³-hybridized carbons (Fsp3) is 0.185. The van der Waals surface area contributed by atoms with E-state index in [9.17, 15) is 14.4 Å². The highest BCUT2D eigenvalue weighted by Gasteiger charge is 2.33. The number of imidazole rings is 1. The lowest BCUT2D eigenvalue weighted by atomic mass is 10.1. The van der Waals surface area contributed by atoms with E-state index in [4.69, 9.17) is 9.47 Å². The molecule has 0 saturated carbocycles. The number of aromatic nitrogens is 2. The number of amides is 2. The summed E-state index contributed by atoms with van der Waals surface area (Å²) in [6.45, 7) is 1.42. The second kappa shape index (κ2) is 9.53. The number of carbonyl (C=O) groups excluding carboxylic acids is 3. The molecule has 0 radical (unpaired) electrons. The normalized spacial score (nSPS) is 14.6. The summed E-state index contributed by atoms with van der Waals surface area (Å²) in [6.07, 6.45) is -0.866. The van der Waals surface area contributed by atoms with Gasteiger partial charge in [0.05, 0.1) is 28.8 Å². The van der Waals surface area contributed by atoms with Gasteiger partial charge in [-0.25, -0.2) is 9.78 Å². The monoisotopic (exact) mass is 484 g/mol. The van der Waals surface area contributed by atoms with Gasteiger partial charge in [0.1, 0.15) is 11.6 Å². The van der Waals surface area contributed by atoms with E-state index in [-0.39, 0.29) is 12.5 Å². The molecule has 2 heterocycles. The van der Waals surface area contributed by atoms with Crippen molar-refractivity contribution in [1.29, 1.82) is 0 Å². The summed E-state index contributed by atoms with van der Waals surface area (Å²) >= 11 is 0. The highest BCUT2D eigenvalue weighted by molar-refractivity contribution is 6.00. The van der Waals surface area contributed by atoms with Crippen molar-refractivity contribution in [2.24, 2.45) is 0 Å². The molecule has 0 spiro atoms. The molecule has 182 valence electrons. The van der Waals surface area contributed by atoms with Gasteiger partial charge in [-0.2, -0.15) is 0 Å². The Morgan fingerprint density at radius 1 is 1.06 bits per heavy atom. The number of anilines is 1. The van der Waals surface area contributed by atoms with Crippen molar-refractivity contribution >= 4 is 34.5 Å². The van der Waals surface area contributed by atoms with Crippen LogP contribution in [0.25, 0.3) is 16.7 Å². The molecule has 0 bridgehead atoms. The van der Waals surface area contributed by atoms with Crippen molar-refractivity contribution in [3.05, 3.63) is 84.2 Å². The molecule has 1 aromatic heterocycles. The van der Waals surface area contributed by atoms with Gasteiger partial charge >= 0.3 is 5.97 Å². The standard InChI is InChI=1S/C27H24N4O5/c1-17-29-20-14-18(12-13-21(20)31(17)19-8-4-3-5-9-19)27(34)35-16-25(32)30-15-24(26(33)28-2)36-23-11-7-6-10-22(23)30/h3-14,24H,15-16H2,1-2H3,(H,28,33). The van der Waals surface area contributed by atoms with E-state index in [0.29, 0.717) is 22.5 Å². The van der Waals surface area contributed by atoms with Crippen LogP contribution in [0.1, 0.15) is 16.2 Å². The van der Waals surface area contributed by atoms with Gasteiger partial charge in [-0.15, -0.1) is 0 Å². The molecule has 3 aromatic carbocycles. The number of para-hydroxylation sites is 3. The minimum atomic E-state index is -0.866. The molecule has 0 aliphatic carbocycles. The third-order valence-corrected chi connectivity index (χ3v) is 6.01. The predicted molar refractivity (Wildman–Crippen MR) is 133 cm³/mol. The summed E-state index contributed by atoms with van der Waals surface area (Å²) < 4.78 is 13.1. The molecule has 2 amide bonds. The number of esters is 1. The van der Waals surface area contributed by atoms with Crippen LogP contribution in [-0.4, -0.2) is 53.6 Å². The largest absolute Gasteiger partial charge is 0.477 e. The Morgan fingerprint density at radius 3 is 2.58 bits per heavy atom. The molecular weight excluding hydrogens is 460 g/mol. The number of aryl methyl sites for hydroxylation is 1. The fourth-order valence-corrected chi connectivity index (χ4v) is 4.29. The minimum Gasteiger partial charge on any atom is -0.477 e. The second-order valence-corrected chi connectivity index (χ2v) is 8.30. The predicted octanol–water partition coefficient (Wildman–Crippen LogP) is 3.03. The van der Waals surface area contributed by atoms with Gasteiger partial charge in [0.2, 0.25) is 0 Å². The molecule has 0 saturated heterocycles. The van der Waals surface area contributed by atoms with E-state index in [1.54, 1.807) is 36.4 Å². The quantitative estimate of drug-likeness (QED) is 0.437. The van der Waals surface area contributed by atoms with Crippen LogP contribution in [0.15, 0.2) is 72.8 Å². The number of benzene rings is 3. The Morgan fingerprint density at radius 2 is 1.81 bits per heavy atom. The SMILES string of the molecule is CNC(=O)C1CN(C(=O)COC(=O)c2ccc3c(c2)nc(C)n3-c2ccccc2)c2ccccc2O1. The summed E-state index contributed by atoms with van der Waals surface area (Å²) in [7, 11) is 1.50. The number of nitrogens with zero attached hydrogens (tertiary/aromatic N) is 3. The third-order valence-electron chi connectivity index (χ3n) is 6.01. The average molecular weight is 485 g/mol. The molecule has 9 heteroatoms. The lowest BCUT2D eigenvalue weighted by Gasteiger charge is -2.33. The smallest absolute Gasteiger partial charge is 0.338 e. The Labute approximate surface area is 207 Å². The lowest BCUT2D eigenvalue weighted by molar-refractivity contribution is -0.128. The molecule has 4 aromatic rings. The fourth-order valence-electron chi connectivity index (χ4n) is 4.29. The summed E-state index contributed by atoms with van der Waals surface area (Å²) in [6, 6.07) is 21.9. The number of carbonyl (C=O) groups is 3. The number of ether oxygens (including phenoxy) is 2. The maximum Gasteiger partial charge on any atom is 0.338 e. The molecule has 1 aliphatic heterocycles. The lowest BCUT2D eigenvalue weighted by Crippen LogP contribution is -2.51. The Bertz CT molecular complexity index is 1460. The highest BCUT2D eigenvalue weighted by atomic mass is 16.5. The zero-order valence-electron chi connectivity index (χ0n) is 19.8. The first-order chi connectivity index (χ1) is 17.5. The van der Waals surface area contributed by atoms with Gasteiger partial charge in [0.25, 0.3) is 11.8 Å². The van der Waals surface area contributed by atoms with Gasteiger partial charge in [0.15, 0.2) is 12.7 Å². The molecule has 0 fully saturated rings. The van der Waals surface area contributed by atoms with Crippen molar-refractivity contribution in [2.45, 2.75) is 13.0 Å². The van der Waals surface area contributed by atoms with Crippen molar-refractivity contribution in [3.63, 3.8) is 0 Å². The molecule has 5 rings (SSSR count). The molecule has 1 atom stereocenters. The van der Waals surface area contributed by atoms with Crippen LogP contribution >= 0.6 is 0 Å². The van der Waals surface area contributed by atoms with Crippen LogP contribution in [0.4, 0.5) is 5.69 Å². The van der Waals surface area contributed by atoms with Crippen molar-refractivity contribution in [1.82, 2.24) is 14.9 Å². The van der Waals surface area contributed by atoms with Crippen molar-refractivity contribution in [2.75, 3.05) is 25.1 Å². The van der Waals surface area contributed by atoms with E-state index in [1.807, 2.05) is 47.9 Å². The summed E-state index contributed by atoms with van der Waals surface area (Å²) in [5.74, 6) is -0.252. The molecular formula is C27H24N4O5. The van der Waals surface area contributed by atoms with E-state index < -0.39 is 24.6 Å². The number of hydrogen-bond acceptors (Lipinski definition) is 6. The molecule has 1 unspecified atom stereocenters. The third kappa shape index (κ3) is 4.26. The summed E-state index contributed by atoms with van der Waals surface area (Å²) in [5.41, 5.74) is 3.28. The van der Waals surface area contributed by atoms with Crippen molar-refractivity contribution in [3.8, 4) is 11.4 Å². The van der Waals surface area contributed by atoms with Gasteiger partial charge < -0.3 is 19.7 Å². The topological polar surface area (TPSA) is 103 Å². The zero-order valence-corrected chi connectivity index (χ0v) is 19.8. The van der Waals surface area contributed by atoms with E-state index in [1.165, 1.54) is 11.9 Å². The van der Waals surface area contributed by atoms with E-state index in [0.717, 1.165) is 17.0 Å². The summed E-state index contributed by atoms with van der Waals surface area (Å²) in [4.78, 5) is 43.9. The number of likely N-dealkylation sites (N-methyl/N-ethyl adjacent to an activating group) is 1. The van der Waals surface area contributed by atoms with Crippen LogP contribution in [0.3, 0.4) is 0 Å². The van der Waals surface area contributed by atoms with Crippen LogP contribution in [0.2, 0.25) is 0 Å². The minimum absolute atomic E-state index is 0.00915. The molecule has 9 nitrogen and oxygen atoms in total. The van der Waals surface area contributed by atoms with Crippen LogP contribution < -0.4 is 15.0 Å². The van der Waals surface area contributed by atoms with Gasteiger partial charge in [-0.05, 0) is 49.4 Å². The number of rotatable bonds is 5. The van der Waals surface area contributed by atoms with Crippen LogP contribution in [0, 0.1) is 6.92 Å². The molecule has 36 heavy (non-hydrogen) atoms. The van der Waals surface area contributed by atoms with Crippen LogP contribution in [-0.2, 0) is 14.3 Å². The van der Waals surface area contributed by atoms with Gasteiger partial charge in [-0.1, -0.05) is 30.3 Å². The first-order valence-corrected chi connectivity index (χ1v) is 11.5. The first kappa shape index (κ1) is 23.1. The Hall–Kier alpha value is -4.66. The number of nitrogens with one attached hydrogen (secondary N) is 1. The van der Waals surface area contributed by atoms with Gasteiger partial charge in [0, 0.05) is 12.7 Å². The van der Waals surface area contributed by atoms with E-state index in [2.05, 4.69) is 10.3 Å². The second-order valence-electron chi connectivity index (χ2n) is 8.30. The number of fused-ring (bicyclic) bond motifs is 2. The van der Waals surface area contributed by atoms with E-state index >= 15 is 0 Å². The summed E-state index contributed by atoms with van der Waals surface area (Å²) in [5, 5.41) is 2.53. The zero-order chi connectivity index (χ0) is 25.2. The van der Waals surface area contributed by atoms with Gasteiger partial charge in [-0.3, -0.25) is 14.2 Å². The average Bonchev–Trinajstić information content (AvgIpc) is 3.25. The highest BCUT2D eigenvalue weighted by Crippen LogP contribution is 2.33. The number of hydrogen-bond donors (Lipinski definition) is 1. The Balaban J connectivity index is 1.32. The maximum absolute atomic E-state index is 13.0. The molecule has 1 aliphatic rings. The van der Waals surface area contributed by atoms with Crippen molar-refractivity contribution < 1.29 is 23.9 Å². The Kier molecular flexibility index (Phi) is 6.12. The molecule has 1 N–H and O–H groups in total. The first-order valence-electron chi connectivity index (χ1n) is 11.5. The maximum atomic E-state index is 13.0.